The molecular weight excluding hydrogens is 268 g/mol. The number of thiophene rings is 1. The lowest BCUT2D eigenvalue weighted by molar-refractivity contribution is 0.0634. The summed E-state index contributed by atoms with van der Waals surface area (Å²) in [4.78, 5) is 16.1. The molecule has 1 aromatic rings. The van der Waals surface area contributed by atoms with Crippen LogP contribution >= 0.6 is 11.3 Å². The van der Waals surface area contributed by atoms with Gasteiger partial charge in [-0.3, -0.25) is 4.79 Å². The Bertz CT molecular complexity index is 526. The summed E-state index contributed by atoms with van der Waals surface area (Å²) >= 11 is 1.45. The largest absolute Gasteiger partial charge is 0.338 e. The van der Waals surface area contributed by atoms with Crippen molar-refractivity contribution >= 4 is 17.2 Å². The Morgan fingerprint density at radius 2 is 2.20 bits per heavy atom. The minimum absolute atomic E-state index is 0.120. The van der Waals surface area contributed by atoms with Crippen LogP contribution in [0.4, 0.5) is 0 Å². The first-order valence-corrected chi connectivity index (χ1v) is 8.01. The zero-order chi connectivity index (χ0) is 14.5. The molecule has 3 nitrogen and oxygen atoms in total. The van der Waals surface area contributed by atoms with Crippen molar-refractivity contribution in [1.82, 2.24) is 4.90 Å². The molecule has 1 aliphatic rings. The number of amides is 1. The number of nitrogens with two attached hydrogens (primary N) is 1. The Balaban J connectivity index is 2.08. The van der Waals surface area contributed by atoms with E-state index >= 15 is 0 Å². The lowest BCUT2D eigenvalue weighted by Crippen LogP contribution is -2.42. The average molecular weight is 290 g/mol. The molecule has 1 fully saturated rings. The highest BCUT2D eigenvalue weighted by Crippen LogP contribution is 2.29. The Kier molecular flexibility index (Phi) is 5.22. The average Bonchev–Trinajstić information content (AvgIpc) is 2.93. The predicted molar refractivity (Wildman–Crippen MR) is 83.8 cm³/mol. The minimum Gasteiger partial charge on any atom is -0.338 e. The van der Waals surface area contributed by atoms with Crippen molar-refractivity contribution in [3.05, 3.63) is 21.9 Å². The summed E-state index contributed by atoms with van der Waals surface area (Å²) in [6.07, 6.45) is 4.86. The SMILES string of the molecule is CC1CCCCC1N(C)C(=O)c1ccc(C#CCN)s1. The zero-order valence-corrected chi connectivity index (χ0v) is 13.0. The first kappa shape index (κ1) is 15.1. The third-order valence-electron chi connectivity index (χ3n) is 4.01. The molecule has 1 aromatic heterocycles. The highest BCUT2D eigenvalue weighted by atomic mass is 32.1. The molecule has 1 aliphatic carbocycles. The summed E-state index contributed by atoms with van der Waals surface area (Å²) in [7, 11) is 1.93. The quantitative estimate of drug-likeness (QED) is 0.851. The smallest absolute Gasteiger partial charge is 0.263 e. The molecule has 1 amide bonds. The van der Waals surface area contributed by atoms with Crippen LogP contribution in [0.5, 0.6) is 0 Å². The summed E-state index contributed by atoms with van der Waals surface area (Å²) in [6, 6.07) is 4.15. The van der Waals surface area contributed by atoms with E-state index in [0.717, 1.165) is 16.2 Å². The molecule has 1 heterocycles. The highest BCUT2D eigenvalue weighted by molar-refractivity contribution is 7.14. The topological polar surface area (TPSA) is 46.3 Å². The molecule has 0 bridgehead atoms. The number of nitrogens with zero attached hydrogens (tertiary/aromatic N) is 1. The van der Waals surface area contributed by atoms with Crippen LogP contribution in [0.3, 0.4) is 0 Å². The molecule has 0 saturated heterocycles. The van der Waals surface area contributed by atoms with Crippen molar-refractivity contribution in [1.29, 1.82) is 0 Å². The normalized spacial score (nSPS) is 21.9. The molecule has 1 saturated carbocycles. The molecule has 2 N–H and O–H groups in total. The van der Waals surface area contributed by atoms with E-state index in [1.54, 1.807) is 0 Å². The third-order valence-corrected chi connectivity index (χ3v) is 5.00. The van der Waals surface area contributed by atoms with Gasteiger partial charge in [0.15, 0.2) is 0 Å². The Hall–Kier alpha value is -1.31. The lowest BCUT2D eigenvalue weighted by Gasteiger charge is -2.36. The van der Waals surface area contributed by atoms with Crippen molar-refractivity contribution in [2.24, 2.45) is 11.7 Å². The minimum atomic E-state index is 0.120. The van der Waals surface area contributed by atoms with Crippen LogP contribution in [-0.2, 0) is 0 Å². The van der Waals surface area contributed by atoms with Crippen LogP contribution < -0.4 is 5.73 Å². The van der Waals surface area contributed by atoms with Gasteiger partial charge in [-0.1, -0.05) is 31.6 Å². The maximum atomic E-state index is 12.5. The van der Waals surface area contributed by atoms with Gasteiger partial charge in [0, 0.05) is 13.1 Å². The molecule has 0 aromatic carbocycles. The molecule has 2 unspecified atom stereocenters. The zero-order valence-electron chi connectivity index (χ0n) is 12.2. The number of hydrogen-bond acceptors (Lipinski definition) is 3. The van der Waals surface area contributed by atoms with Crippen molar-refractivity contribution < 1.29 is 4.79 Å². The second-order valence-electron chi connectivity index (χ2n) is 5.41. The van der Waals surface area contributed by atoms with Gasteiger partial charge in [0.05, 0.1) is 16.3 Å². The summed E-state index contributed by atoms with van der Waals surface area (Å²) in [5.41, 5.74) is 5.36. The van der Waals surface area contributed by atoms with Crippen LogP contribution in [0.2, 0.25) is 0 Å². The molecule has 108 valence electrons. The molecule has 20 heavy (non-hydrogen) atoms. The van der Waals surface area contributed by atoms with Gasteiger partial charge in [-0.25, -0.2) is 0 Å². The van der Waals surface area contributed by atoms with Crippen LogP contribution in [0, 0.1) is 17.8 Å². The fourth-order valence-corrected chi connectivity index (χ4v) is 3.72. The molecule has 4 heteroatoms. The van der Waals surface area contributed by atoms with Crippen molar-refractivity contribution in [3.63, 3.8) is 0 Å². The van der Waals surface area contributed by atoms with Crippen LogP contribution in [0.15, 0.2) is 12.1 Å². The van der Waals surface area contributed by atoms with Gasteiger partial charge in [0.2, 0.25) is 0 Å². The van der Waals surface area contributed by atoms with Gasteiger partial charge in [0.1, 0.15) is 0 Å². The molecule has 0 aliphatic heterocycles. The van der Waals surface area contributed by atoms with Crippen molar-refractivity contribution in [3.8, 4) is 11.8 Å². The molecule has 2 rings (SSSR count). The van der Waals surface area contributed by atoms with Gasteiger partial charge in [0.25, 0.3) is 5.91 Å². The Labute approximate surface area is 125 Å². The third kappa shape index (κ3) is 3.41. The molecular formula is C16H22N2OS. The fourth-order valence-electron chi connectivity index (χ4n) is 2.85. The van der Waals surface area contributed by atoms with E-state index < -0.39 is 0 Å². The first-order chi connectivity index (χ1) is 9.63. The Morgan fingerprint density at radius 1 is 1.45 bits per heavy atom. The standard InChI is InChI=1S/C16H22N2OS/c1-12-6-3-4-8-14(12)18(2)16(19)15-10-9-13(20-15)7-5-11-17/h9-10,12,14H,3-4,6,8,11,17H2,1-2H3. The van der Waals surface area contributed by atoms with E-state index in [-0.39, 0.29) is 5.91 Å². The maximum absolute atomic E-state index is 12.5. The van der Waals surface area contributed by atoms with E-state index in [9.17, 15) is 4.79 Å². The number of carbonyl (C=O) groups excluding carboxylic acids is 1. The van der Waals surface area contributed by atoms with Gasteiger partial charge in [-0.05, 0) is 30.9 Å². The summed E-state index contributed by atoms with van der Waals surface area (Å²) in [5, 5.41) is 0. The Morgan fingerprint density at radius 3 is 2.90 bits per heavy atom. The predicted octanol–water partition coefficient (Wildman–Crippen LogP) is 2.71. The molecule has 0 radical (unpaired) electrons. The van der Waals surface area contributed by atoms with Crippen LogP contribution in [0.1, 0.15) is 47.2 Å². The number of carbonyl (C=O) groups is 1. The van der Waals surface area contributed by atoms with Gasteiger partial charge >= 0.3 is 0 Å². The maximum Gasteiger partial charge on any atom is 0.263 e. The summed E-state index contributed by atoms with van der Waals surface area (Å²) in [6.45, 7) is 2.60. The number of hydrogen-bond donors (Lipinski definition) is 1. The summed E-state index contributed by atoms with van der Waals surface area (Å²) < 4.78 is 0. The first-order valence-electron chi connectivity index (χ1n) is 7.19. The van der Waals surface area contributed by atoms with E-state index in [2.05, 4.69) is 18.8 Å². The second-order valence-corrected chi connectivity index (χ2v) is 6.50. The van der Waals surface area contributed by atoms with E-state index in [4.69, 9.17) is 5.73 Å². The van der Waals surface area contributed by atoms with Crippen molar-refractivity contribution in [2.45, 2.75) is 38.6 Å². The molecule has 2 atom stereocenters. The van der Waals surface area contributed by atoms with Crippen LogP contribution in [0.25, 0.3) is 0 Å². The van der Waals surface area contributed by atoms with Gasteiger partial charge < -0.3 is 10.6 Å². The highest BCUT2D eigenvalue weighted by Gasteiger charge is 2.28. The number of rotatable bonds is 2. The van der Waals surface area contributed by atoms with Crippen LogP contribution in [-0.4, -0.2) is 30.4 Å². The summed E-state index contributed by atoms with van der Waals surface area (Å²) in [5.74, 6) is 6.51. The fraction of sp³-hybridized carbons (Fsp3) is 0.562. The monoisotopic (exact) mass is 290 g/mol. The molecule has 0 spiro atoms. The lowest BCUT2D eigenvalue weighted by atomic mass is 9.85. The van der Waals surface area contributed by atoms with Gasteiger partial charge in [-0.2, -0.15) is 0 Å². The van der Waals surface area contributed by atoms with Crippen molar-refractivity contribution in [2.75, 3.05) is 13.6 Å². The van der Waals surface area contributed by atoms with Gasteiger partial charge in [-0.15, -0.1) is 11.3 Å². The van der Waals surface area contributed by atoms with E-state index in [1.807, 2.05) is 24.1 Å². The van der Waals surface area contributed by atoms with E-state index in [0.29, 0.717) is 18.5 Å². The van der Waals surface area contributed by atoms with E-state index in [1.165, 1.54) is 30.6 Å². The second kappa shape index (κ2) is 6.92.